The van der Waals surface area contributed by atoms with Crippen LogP contribution in [0.15, 0.2) is 11.4 Å². The third-order valence-electron chi connectivity index (χ3n) is 0.694. The lowest BCUT2D eigenvalue weighted by Gasteiger charge is -1.84. The summed E-state index contributed by atoms with van der Waals surface area (Å²) in [6.07, 6.45) is 0. The van der Waals surface area contributed by atoms with Crippen molar-refractivity contribution in [1.29, 1.82) is 0 Å². The first-order chi connectivity index (χ1) is 3.43. The van der Waals surface area contributed by atoms with Gasteiger partial charge in [0.2, 0.25) is 0 Å². The van der Waals surface area contributed by atoms with Crippen LogP contribution in [0.3, 0.4) is 0 Å². The molecule has 0 spiro atoms. The van der Waals surface area contributed by atoms with Gasteiger partial charge < -0.3 is 5.32 Å². The molecule has 1 rings (SSSR count). The molecule has 0 atom stereocenters. The summed E-state index contributed by atoms with van der Waals surface area (Å²) in [5.41, 5.74) is 0. The van der Waals surface area contributed by atoms with Gasteiger partial charge in [0.1, 0.15) is 5.82 Å². The predicted octanol–water partition coefficient (Wildman–Crippen LogP) is 1.18. The minimum atomic E-state index is 0.949. The van der Waals surface area contributed by atoms with Crippen LogP contribution < -0.4 is 5.32 Å². The Morgan fingerprint density at radius 2 is 2.71 bits per heavy atom. The summed E-state index contributed by atoms with van der Waals surface area (Å²) in [4.78, 5) is 0. The van der Waals surface area contributed by atoms with E-state index in [1.165, 1.54) is 11.5 Å². The van der Waals surface area contributed by atoms with Crippen LogP contribution in [-0.2, 0) is 0 Å². The van der Waals surface area contributed by atoms with Gasteiger partial charge >= 0.3 is 0 Å². The van der Waals surface area contributed by atoms with E-state index in [1.807, 2.05) is 18.5 Å². The topological polar surface area (TPSA) is 24.9 Å². The number of aromatic nitrogens is 1. The van der Waals surface area contributed by atoms with Crippen LogP contribution in [-0.4, -0.2) is 11.4 Å². The number of hydrogen-bond acceptors (Lipinski definition) is 3. The molecule has 0 aliphatic rings. The molecule has 3 heteroatoms. The molecule has 2 nitrogen and oxygen atoms in total. The molecule has 0 aromatic carbocycles. The second-order valence-electron chi connectivity index (χ2n) is 1.13. The van der Waals surface area contributed by atoms with E-state index < -0.39 is 0 Å². The fraction of sp³-hybridized carbons (Fsp3) is 0.250. The maximum absolute atomic E-state index is 3.97. The van der Waals surface area contributed by atoms with Gasteiger partial charge in [-0.25, -0.2) is 0 Å². The van der Waals surface area contributed by atoms with E-state index in [1.54, 1.807) is 0 Å². The molecule has 0 saturated heterocycles. The fourth-order valence-corrected chi connectivity index (χ4v) is 0.858. The van der Waals surface area contributed by atoms with Gasteiger partial charge in [-0.1, -0.05) is 0 Å². The average Bonchev–Trinajstić information content (AvgIpc) is 2.14. The van der Waals surface area contributed by atoms with Gasteiger partial charge in [0, 0.05) is 12.4 Å². The molecule has 1 aromatic rings. The van der Waals surface area contributed by atoms with E-state index in [4.69, 9.17) is 0 Å². The Bertz CT molecular complexity index is 124. The number of rotatable bonds is 1. The number of anilines is 1. The molecule has 38 valence electrons. The predicted molar refractivity (Wildman–Crippen MR) is 31.7 cm³/mol. The van der Waals surface area contributed by atoms with Crippen molar-refractivity contribution in [2.45, 2.75) is 0 Å². The van der Waals surface area contributed by atoms with Crippen molar-refractivity contribution in [2.24, 2.45) is 0 Å². The summed E-state index contributed by atoms with van der Waals surface area (Å²) in [5.74, 6) is 0.949. The van der Waals surface area contributed by atoms with E-state index in [0.29, 0.717) is 0 Å². The third-order valence-corrected chi connectivity index (χ3v) is 1.25. The smallest absolute Gasteiger partial charge is 0.139 e. The van der Waals surface area contributed by atoms with Gasteiger partial charge in [-0.3, -0.25) is 0 Å². The Hall–Kier alpha value is -0.570. The van der Waals surface area contributed by atoms with Crippen molar-refractivity contribution in [1.82, 2.24) is 4.37 Å². The lowest BCUT2D eigenvalue weighted by atomic mass is 10.7. The first-order valence-electron chi connectivity index (χ1n) is 2.01. The zero-order chi connectivity index (χ0) is 5.11. The highest BCUT2D eigenvalue weighted by atomic mass is 32.1. The summed E-state index contributed by atoms with van der Waals surface area (Å²) >= 11 is 1.45. The molecule has 0 aliphatic heterocycles. The lowest BCUT2D eigenvalue weighted by Crippen LogP contribution is -1.84. The summed E-state index contributed by atoms with van der Waals surface area (Å²) in [7, 11) is 1.86. The highest BCUT2D eigenvalue weighted by Crippen LogP contribution is 2.02. The van der Waals surface area contributed by atoms with E-state index in [0.717, 1.165) is 5.82 Å². The Balaban J connectivity index is 2.76. The summed E-state index contributed by atoms with van der Waals surface area (Å²) in [6.45, 7) is 0. The first-order valence-corrected chi connectivity index (χ1v) is 2.85. The van der Waals surface area contributed by atoms with Crippen molar-refractivity contribution in [2.75, 3.05) is 12.4 Å². The second-order valence-corrected chi connectivity index (χ2v) is 1.80. The monoisotopic (exact) mass is 114 g/mol. The molecule has 0 radical (unpaired) electrons. The Morgan fingerprint density at radius 1 is 1.86 bits per heavy atom. The average molecular weight is 114 g/mol. The molecule has 1 heterocycles. The van der Waals surface area contributed by atoms with Gasteiger partial charge in [0.05, 0.1) is 0 Å². The van der Waals surface area contributed by atoms with Crippen LogP contribution in [0.5, 0.6) is 0 Å². The number of nitrogens with zero attached hydrogens (tertiary/aromatic N) is 1. The fourth-order valence-electron chi connectivity index (χ4n) is 0.341. The standard InChI is InChI=1S/C4H6N2S/c1-5-4-2-3-7-6-4/h2-3H,1H3,(H,5,6). The molecular formula is C4H6N2S. The molecule has 1 aromatic heterocycles. The Morgan fingerprint density at radius 3 is 3.00 bits per heavy atom. The van der Waals surface area contributed by atoms with E-state index in [-0.39, 0.29) is 0 Å². The summed E-state index contributed by atoms with van der Waals surface area (Å²) < 4.78 is 3.97. The van der Waals surface area contributed by atoms with Gasteiger partial charge in [-0.05, 0) is 17.6 Å². The molecule has 7 heavy (non-hydrogen) atoms. The van der Waals surface area contributed by atoms with Crippen LogP contribution in [0.4, 0.5) is 5.82 Å². The Labute approximate surface area is 46.3 Å². The maximum Gasteiger partial charge on any atom is 0.139 e. The Kier molecular flexibility index (Phi) is 1.26. The van der Waals surface area contributed by atoms with Gasteiger partial charge in [0.15, 0.2) is 0 Å². The quantitative estimate of drug-likeness (QED) is 0.593. The number of nitrogens with one attached hydrogen (secondary N) is 1. The maximum atomic E-state index is 3.97. The molecule has 0 aliphatic carbocycles. The van der Waals surface area contributed by atoms with Gasteiger partial charge in [-0.2, -0.15) is 4.37 Å². The van der Waals surface area contributed by atoms with Crippen molar-refractivity contribution in [3.63, 3.8) is 0 Å². The van der Waals surface area contributed by atoms with E-state index in [9.17, 15) is 0 Å². The van der Waals surface area contributed by atoms with Crippen LogP contribution in [0.1, 0.15) is 0 Å². The van der Waals surface area contributed by atoms with Crippen molar-refractivity contribution in [3.05, 3.63) is 11.4 Å². The zero-order valence-corrected chi connectivity index (χ0v) is 4.83. The SMILES string of the molecule is CNc1ccsn1. The minimum absolute atomic E-state index is 0.949. The van der Waals surface area contributed by atoms with Crippen LogP contribution in [0.25, 0.3) is 0 Å². The molecule has 0 unspecified atom stereocenters. The van der Waals surface area contributed by atoms with Crippen LogP contribution >= 0.6 is 11.5 Å². The second kappa shape index (κ2) is 1.93. The molecule has 1 N–H and O–H groups in total. The van der Waals surface area contributed by atoms with Crippen LogP contribution in [0, 0.1) is 0 Å². The highest BCUT2D eigenvalue weighted by molar-refractivity contribution is 7.03. The first kappa shape index (κ1) is 4.59. The molecule has 0 fully saturated rings. The summed E-state index contributed by atoms with van der Waals surface area (Å²) in [6, 6.07) is 1.94. The normalized spacial score (nSPS) is 8.71. The van der Waals surface area contributed by atoms with Crippen molar-refractivity contribution >= 4 is 17.4 Å². The van der Waals surface area contributed by atoms with Crippen molar-refractivity contribution < 1.29 is 0 Å². The third kappa shape index (κ3) is 0.899. The largest absolute Gasteiger partial charge is 0.372 e. The van der Waals surface area contributed by atoms with Gasteiger partial charge in [0.25, 0.3) is 0 Å². The molecular weight excluding hydrogens is 108 g/mol. The zero-order valence-electron chi connectivity index (χ0n) is 4.01. The van der Waals surface area contributed by atoms with E-state index >= 15 is 0 Å². The summed E-state index contributed by atoms with van der Waals surface area (Å²) in [5, 5.41) is 4.84. The molecule has 0 saturated carbocycles. The molecule has 0 bridgehead atoms. The number of hydrogen-bond donors (Lipinski definition) is 1. The molecule has 0 amide bonds. The lowest BCUT2D eigenvalue weighted by molar-refractivity contribution is 1.43. The minimum Gasteiger partial charge on any atom is -0.372 e. The van der Waals surface area contributed by atoms with Gasteiger partial charge in [-0.15, -0.1) is 0 Å². The highest BCUT2D eigenvalue weighted by Gasteiger charge is 1.82. The van der Waals surface area contributed by atoms with E-state index in [2.05, 4.69) is 9.69 Å². The van der Waals surface area contributed by atoms with Crippen molar-refractivity contribution in [3.8, 4) is 0 Å². The van der Waals surface area contributed by atoms with Crippen LogP contribution in [0.2, 0.25) is 0 Å².